The van der Waals surface area contributed by atoms with E-state index in [1.165, 1.54) is 18.3 Å². The summed E-state index contributed by atoms with van der Waals surface area (Å²) >= 11 is 1.53. The van der Waals surface area contributed by atoms with Crippen molar-refractivity contribution in [1.82, 2.24) is 4.98 Å². The second-order valence-corrected chi connectivity index (χ2v) is 4.17. The molecule has 0 amide bonds. The van der Waals surface area contributed by atoms with Crippen molar-refractivity contribution in [3.05, 3.63) is 16.1 Å². The number of alkyl halides is 1. The summed E-state index contributed by atoms with van der Waals surface area (Å²) in [6.45, 7) is 5.58. The molecule has 0 aliphatic carbocycles. The Morgan fingerprint density at radius 2 is 2.15 bits per heavy atom. The van der Waals surface area contributed by atoms with Gasteiger partial charge in [0.1, 0.15) is 0 Å². The number of halogens is 1. The molecule has 13 heavy (non-hydrogen) atoms. The third kappa shape index (κ3) is 3.16. The number of aromatic nitrogens is 1. The molecule has 0 radical (unpaired) electrons. The third-order valence-corrected chi connectivity index (χ3v) is 2.63. The zero-order valence-corrected chi connectivity index (χ0v) is 8.78. The lowest BCUT2D eigenvalue weighted by atomic mass is 10.2. The van der Waals surface area contributed by atoms with Crippen LogP contribution in [-0.2, 0) is 0 Å². The van der Waals surface area contributed by atoms with Crippen molar-refractivity contribution in [2.45, 2.75) is 32.9 Å². The van der Waals surface area contributed by atoms with Gasteiger partial charge in [0.15, 0.2) is 6.17 Å². The topological polar surface area (TPSA) is 12.9 Å². The molecule has 0 saturated carbocycles. The minimum absolute atomic E-state index is 0.420. The Hall–Kier alpha value is -0.880. The Kier molecular flexibility index (Phi) is 3.44. The van der Waals surface area contributed by atoms with Gasteiger partial charge in [0.2, 0.25) is 0 Å². The average Bonchev–Trinajstić information content (AvgIpc) is 2.48. The van der Waals surface area contributed by atoms with Gasteiger partial charge in [0.05, 0.1) is 16.1 Å². The Balaban J connectivity index is 2.77. The molecule has 0 bridgehead atoms. The summed E-state index contributed by atoms with van der Waals surface area (Å²) in [7, 11) is 0. The van der Waals surface area contributed by atoms with Crippen molar-refractivity contribution in [3.63, 3.8) is 0 Å². The molecule has 1 nitrogen and oxygen atoms in total. The average molecular weight is 197 g/mol. The van der Waals surface area contributed by atoms with Gasteiger partial charge in [0, 0.05) is 5.92 Å². The molecule has 1 aromatic rings. The molecular formula is C10H12FNS. The first-order valence-corrected chi connectivity index (χ1v) is 5.02. The molecule has 1 unspecified atom stereocenters. The lowest BCUT2D eigenvalue weighted by Crippen LogP contribution is -1.82. The van der Waals surface area contributed by atoms with Crippen molar-refractivity contribution >= 4 is 11.3 Å². The highest BCUT2D eigenvalue weighted by Crippen LogP contribution is 2.20. The van der Waals surface area contributed by atoms with Gasteiger partial charge in [-0.15, -0.1) is 11.3 Å². The highest BCUT2D eigenvalue weighted by molar-refractivity contribution is 7.12. The summed E-state index contributed by atoms with van der Waals surface area (Å²) in [6.07, 6.45) is 0.639. The predicted molar refractivity (Wildman–Crippen MR) is 53.7 cm³/mol. The monoisotopic (exact) mass is 197 g/mol. The molecule has 0 saturated heterocycles. The standard InChI is InChI=1S/C10H12FNS/c1-7(2)10-12-6-9(13-10)5-4-8(3)11/h6-8H,1-3H3. The highest BCUT2D eigenvalue weighted by atomic mass is 32.1. The summed E-state index contributed by atoms with van der Waals surface area (Å²) in [5, 5.41) is 1.05. The molecule has 1 atom stereocenters. The quantitative estimate of drug-likeness (QED) is 0.631. The Morgan fingerprint density at radius 1 is 1.46 bits per heavy atom. The van der Waals surface area contributed by atoms with Crippen LogP contribution in [0, 0.1) is 11.8 Å². The molecule has 0 aliphatic heterocycles. The van der Waals surface area contributed by atoms with E-state index in [0.29, 0.717) is 5.92 Å². The maximum atomic E-state index is 12.4. The van der Waals surface area contributed by atoms with E-state index < -0.39 is 6.17 Å². The van der Waals surface area contributed by atoms with Crippen LogP contribution < -0.4 is 0 Å². The van der Waals surface area contributed by atoms with E-state index in [-0.39, 0.29) is 0 Å². The molecule has 1 aromatic heterocycles. The number of nitrogens with zero attached hydrogens (tertiary/aromatic N) is 1. The second-order valence-electron chi connectivity index (χ2n) is 3.10. The van der Waals surface area contributed by atoms with Gasteiger partial charge in [-0.1, -0.05) is 25.7 Å². The van der Waals surface area contributed by atoms with Crippen LogP contribution in [0.3, 0.4) is 0 Å². The van der Waals surface area contributed by atoms with Crippen LogP contribution in [0.4, 0.5) is 4.39 Å². The van der Waals surface area contributed by atoms with Gasteiger partial charge >= 0.3 is 0 Å². The van der Waals surface area contributed by atoms with Crippen LogP contribution >= 0.6 is 11.3 Å². The zero-order valence-electron chi connectivity index (χ0n) is 7.97. The molecule has 0 aromatic carbocycles. The minimum atomic E-state index is -1.07. The maximum Gasteiger partial charge on any atom is 0.158 e. The van der Waals surface area contributed by atoms with E-state index in [9.17, 15) is 4.39 Å². The van der Waals surface area contributed by atoms with E-state index >= 15 is 0 Å². The Labute approximate surface area is 82.0 Å². The lowest BCUT2D eigenvalue weighted by molar-refractivity contribution is 0.443. The van der Waals surface area contributed by atoms with Crippen LogP contribution in [0.2, 0.25) is 0 Å². The molecule has 3 heteroatoms. The first-order valence-electron chi connectivity index (χ1n) is 4.21. The van der Waals surface area contributed by atoms with Gasteiger partial charge in [0.25, 0.3) is 0 Å². The summed E-state index contributed by atoms with van der Waals surface area (Å²) in [5.74, 6) is 5.64. The molecular weight excluding hydrogens is 185 g/mol. The van der Waals surface area contributed by atoms with Crippen molar-refractivity contribution < 1.29 is 4.39 Å². The molecule has 70 valence electrons. The number of rotatable bonds is 1. The third-order valence-electron chi connectivity index (χ3n) is 1.41. The van der Waals surface area contributed by atoms with Gasteiger partial charge in [-0.05, 0) is 6.92 Å². The fourth-order valence-electron chi connectivity index (χ4n) is 0.783. The second kappa shape index (κ2) is 4.38. The number of thiazole rings is 1. The summed E-state index contributed by atoms with van der Waals surface area (Å²) in [4.78, 5) is 5.03. The van der Waals surface area contributed by atoms with E-state index in [2.05, 4.69) is 30.7 Å². The molecule has 0 spiro atoms. The van der Waals surface area contributed by atoms with Crippen LogP contribution in [0.1, 0.15) is 36.6 Å². The van der Waals surface area contributed by atoms with Gasteiger partial charge in [-0.2, -0.15) is 0 Å². The van der Waals surface area contributed by atoms with E-state index in [1.807, 2.05) is 0 Å². The van der Waals surface area contributed by atoms with E-state index in [1.54, 1.807) is 6.20 Å². The van der Waals surface area contributed by atoms with Crippen molar-refractivity contribution in [3.8, 4) is 11.8 Å². The number of hydrogen-bond donors (Lipinski definition) is 0. The van der Waals surface area contributed by atoms with Crippen molar-refractivity contribution in [1.29, 1.82) is 0 Å². The Morgan fingerprint density at radius 3 is 2.62 bits per heavy atom. The lowest BCUT2D eigenvalue weighted by Gasteiger charge is -1.94. The fraction of sp³-hybridized carbons (Fsp3) is 0.500. The normalized spacial score (nSPS) is 12.4. The van der Waals surface area contributed by atoms with Gasteiger partial charge < -0.3 is 0 Å². The molecule has 1 heterocycles. The number of hydrogen-bond acceptors (Lipinski definition) is 2. The van der Waals surface area contributed by atoms with Crippen molar-refractivity contribution in [2.75, 3.05) is 0 Å². The maximum absolute atomic E-state index is 12.4. The smallest absolute Gasteiger partial charge is 0.158 e. The van der Waals surface area contributed by atoms with E-state index in [4.69, 9.17) is 0 Å². The van der Waals surface area contributed by atoms with Crippen LogP contribution in [0.25, 0.3) is 0 Å². The zero-order chi connectivity index (χ0) is 9.84. The SMILES string of the molecule is CC(F)C#Cc1cnc(C(C)C)s1. The first-order chi connectivity index (χ1) is 6.09. The molecule has 0 fully saturated rings. The minimum Gasteiger partial charge on any atom is -0.248 e. The van der Waals surface area contributed by atoms with E-state index in [0.717, 1.165) is 9.88 Å². The fourth-order valence-corrected chi connectivity index (χ4v) is 1.56. The Bertz CT molecular complexity index is 330. The first kappa shape index (κ1) is 10.2. The van der Waals surface area contributed by atoms with Crippen LogP contribution in [0.15, 0.2) is 6.20 Å². The molecule has 0 N–H and O–H groups in total. The summed E-state index contributed by atoms with van der Waals surface area (Å²) in [6, 6.07) is 0. The van der Waals surface area contributed by atoms with Gasteiger partial charge in [-0.3, -0.25) is 0 Å². The highest BCUT2D eigenvalue weighted by Gasteiger charge is 2.03. The summed E-state index contributed by atoms with van der Waals surface area (Å²) in [5.41, 5.74) is 0. The van der Waals surface area contributed by atoms with Gasteiger partial charge in [-0.25, -0.2) is 9.37 Å². The molecule has 0 aliphatic rings. The van der Waals surface area contributed by atoms with Crippen LogP contribution in [-0.4, -0.2) is 11.2 Å². The largest absolute Gasteiger partial charge is 0.248 e. The predicted octanol–water partition coefficient (Wildman–Crippen LogP) is 2.98. The molecule has 1 rings (SSSR count). The summed E-state index contributed by atoms with van der Waals surface area (Å²) < 4.78 is 12.4. The van der Waals surface area contributed by atoms with Crippen molar-refractivity contribution in [2.24, 2.45) is 0 Å². The van der Waals surface area contributed by atoms with Crippen LogP contribution in [0.5, 0.6) is 0 Å².